The first-order valence-corrected chi connectivity index (χ1v) is 5.07. The summed E-state index contributed by atoms with van der Waals surface area (Å²) in [5, 5.41) is 0. The molecule has 0 N–H and O–H groups in total. The average Bonchev–Trinajstić information content (AvgIpc) is 2.30. The summed E-state index contributed by atoms with van der Waals surface area (Å²) < 4.78 is 0. The number of rotatable bonds is 2. The minimum Gasteiger partial charge on any atom is -0.369 e. The van der Waals surface area contributed by atoms with Crippen LogP contribution < -0.4 is 4.90 Å². The molecule has 0 spiro atoms. The smallest absolute Gasteiger partial charge is 0.0397 e. The van der Waals surface area contributed by atoms with Gasteiger partial charge in [-0.1, -0.05) is 0 Å². The Hall–Kier alpha value is -1.09. The van der Waals surface area contributed by atoms with Gasteiger partial charge in [0.1, 0.15) is 0 Å². The first-order chi connectivity index (χ1) is 6.90. The van der Waals surface area contributed by atoms with E-state index in [1.54, 1.807) is 0 Å². The zero-order chi connectivity index (χ0) is 9.80. The van der Waals surface area contributed by atoms with Crippen LogP contribution in [0.2, 0.25) is 0 Å². The molecule has 1 saturated heterocycles. The van der Waals surface area contributed by atoms with Gasteiger partial charge in [-0.15, -0.1) is 0 Å². The van der Waals surface area contributed by atoms with Crippen LogP contribution in [0.3, 0.4) is 0 Å². The lowest BCUT2D eigenvalue weighted by molar-refractivity contribution is 0.283. The van der Waals surface area contributed by atoms with Gasteiger partial charge in [0, 0.05) is 44.3 Å². The van der Waals surface area contributed by atoms with E-state index in [2.05, 4.69) is 33.8 Å². The minimum atomic E-state index is 0.921. The predicted molar refractivity (Wildman–Crippen MR) is 58.2 cm³/mol. The second-order valence-electron chi connectivity index (χ2n) is 3.53. The van der Waals surface area contributed by atoms with Crippen molar-refractivity contribution < 1.29 is 0 Å². The minimum absolute atomic E-state index is 0.921. The van der Waals surface area contributed by atoms with Gasteiger partial charge >= 0.3 is 0 Å². The van der Waals surface area contributed by atoms with E-state index in [9.17, 15) is 0 Å². The summed E-state index contributed by atoms with van der Waals surface area (Å²) in [6.07, 6.45) is 3.70. The lowest BCUT2D eigenvalue weighted by atomic mass is 10.2. The van der Waals surface area contributed by atoms with Gasteiger partial charge in [-0.2, -0.15) is 0 Å². The molecule has 2 heterocycles. The van der Waals surface area contributed by atoms with Gasteiger partial charge < -0.3 is 4.90 Å². The van der Waals surface area contributed by atoms with Gasteiger partial charge in [0.05, 0.1) is 0 Å². The van der Waals surface area contributed by atoms with Gasteiger partial charge in [-0.05, 0) is 25.6 Å². The van der Waals surface area contributed by atoms with Crippen molar-refractivity contribution in [1.82, 2.24) is 9.88 Å². The molecule has 3 heteroatoms. The monoisotopic (exact) mass is 190 g/mol. The molecule has 14 heavy (non-hydrogen) atoms. The SMILES string of the molecule is [CH2]CN1CCN(c2ccncc2)CC1. The third-order valence-electron chi connectivity index (χ3n) is 2.72. The number of hydrogen-bond acceptors (Lipinski definition) is 3. The molecular weight excluding hydrogens is 174 g/mol. The van der Waals surface area contributed by atoms with Gasteiger partial charge in [0.25, 0.3) is 0 Å². The molecule has 2 rings (SSSR count). The van der Waals surface area contributed by atoms with Crippen LogP contribution in [-0.2, 0) is 0 Å². The Morgan fingerprint density at radius 1 is 1.14 bits per heavy atom. The maximum absolute atomic E-state index is 4.02. The van der Waals surface area contributed by atoms with Crippen molar-refractivity contribution in [3.05, 3.63) is 31.5 Å². The topological polar surface area (TPSA) is 19.4 Å². The van der Waals surface area contributed by atoms with E-state index < -0.39 is 0 Å². The maximum Gasteiger partial charge on any atom is 0.0397 e. The quantitative estimate of drug-likeness (QED) is 0.694. The Morgan fingerprint density at radius 3 is 2.36 bits per heavy atom. The number of anilines is 1. The Morgan fingerprint density at radius 2 is 1.79 bits per heavy atom. The van der Waals surface area contributed by atoms with Gasteiger partial charge in [-0.3, -0.25) is 9.88 Å². The van der Waals surface area contributed by atoms with E-state index in [0.717, 1.165) is 32.7 Å². The van der Waals surface area contributed by atoms with E-state index in [4.69, 9.17) is 0 Å². The zero-order valence-electron chi connectivity index (χ0n) is 8.39. The number of piperazine rings is 1. The molecule has 1 radical (unpaired) electrons. The summed E-state index contributed by atoms with van der Waals surface area (Å²) in [6, 6.07) is 4.14. The van der Waals surface area contributed by atoms with Crippen LogP contribution in [0.1, 0.15) is 0 Å². The molecule has 1 aliphatic rings. The highest BCUT2D eigenvalue weighted by Gasteiger charge is 2.15. The molecule has 1 aliphatic heterocycles. The molecule has 1 aromatic heterocycles. The highest BCUT2D eigenvalue weighted by molar-refractivity contribution is 5.44. The summed E-state index contributed by atoms with van der Waals surface area (Å²) >= 11 is 0. The fourth-order valence-electron chi connectivity index (χ4n) is 1.78. The van der Waals surface area contributed by atoms with E-state index >= 15 is 0 Å². The standard InChI is InChI=1S/C11H16N3/c1-2-13-7-9-14(10-8-13)11-3-5-12-6-4-11/h3-6H,1-2,7-10H2. The van der Waals surface area contributed by atoms with Crippen molar-refractivity contribution in [3.63, 3.8) is 0 Å². The van der Waals surface area contributed by atoms with Crippen LogP contribution in [0.25, 0.3) is 0 Å². The Bertz CT molecular complexity index is 265. The van der Waals surface area contributed by atoms with Crippen molar-refractivity contribution in [2.75, 3.05) is 37.6 Å². The summed E-state index contributed by atoms with van der Waals surface area (Å²) in [6.45, 7) is 9.25. The van der Waals surface area contributed by atoms with Crippen LogP contribution in [-0.4, -0.2) is 42.6 Å². The largest absolute Gasteiger partial charge is 0.369 e. The molecule has 0 saturated carbocycles. The molecule has 1 aromatic rings. The number of hydrogen-bond donors (Lipinski definition) is 0. The summed E-state index contributed by atoms with van der Waals surface area (Å²) in [5.41, 5.74) is 1.28. The van der Waals surface area contributed by atoms with E-state index in [-0.39, 0.29) is 0 Å². The predicted octanol–water partition coefficient (Wildman–Crippen LogP) is 1.04. The molecule has 3 nitrogen and oxygen atoms in total. The van der Waals surface area contributed by atoms with Crippen LogP contribution >= 0.6 is 0 Å². The fourth-order valence-corrected chi connectivity index (χ4v) is 1.78. The third kappa shape index (κ3) is 2.04. The molecule has 0 unspecified atom stereocenters. The molecular formula is C11H16N3. The van der Waals surface area contributed by atoms with Crippen molar-refractivity contribution in [1.29, 1.82) is 0 Å². The van der Waals surface area contributed by atoms with E-state index in [1.165, 1.54) is 5.69 Å². The van der Waals surface area contributed by atoms with Crippen LogP contribution in [0, 0.1) is 6.92 Å². The van der Waals surface area contributed by atoms with Crippen molar-refractivity contribution in [2.45, 2.75) is 0 Å². The normalized spacial score (nSPS) is 18.5. The Balaban J connectivity index is 1.96. The first-order valence-electron chi connectivity index (χ1n) is 5.07. The molecule has 0 amide bonds. The first kappa shape index (κ1) is 9.46. The van der Waals surface area contributed by atoms with Crippen LogP contribution in [0.15, 0.2) is 24.5 Å². The summed E-state index contributed by atoms with van der Waals surface area (Å²) in [5.74, 6) is 0. The second kappa shape index (κ2) is 4.42. The van der Waals surface area contributed by atoms with Crippen molar-refractivity contribution in [2.24, 2.45) is 0 Å². The maximum atomic E-state index is 4.02. The Labute approximate surface area is 85.4 Å². The number of pyridine rings is 1. The van der Waals surface area contributed by atoms with Crippen molar-refractivity contribution >= 4 is 5.69 Å². The number of nitrogens with zero attached hydrogens (tertiary/aromatic N) is 3. The van der Waals surface area contributed by atoms with Gasteiger partial charge in [0.15, 0.2) is 0 Å². The summed E-state index contributed by atoms with van der Waals surface area (Å²) in [4.78, 5) is 8.79. The van der Waals surface area contributed by atoms with E-state index in [1.807, 2.05) is 12.4 Å². The molecule has 0 aliphatic carbocycles. The lowest BCUT2D eigenvalue weighted by Crippen LogP contribution is -2.46. The highest BCUT2D eigenvalue weighted by Crippen LogP contribution is 2.14. The lowest BCUT2D eigenvalue weighted by Gasteiger charge is -2.35. The van der Waals surface area contributed by atoms with Gasteiger partial charge in [0.2, 0.25) is 0 Å². The highest BCUT2D eigenvalue weighted by atomic mass is 15.3. The average molecular weight is 190 g/mol. The van der Waals surface area contributed by atoms with Crippen molar-refractivity contribution in [3.8, 4) is 0 Å². The van der Waals surface area contributed by atoms with Crippen LogP contribution in [0.4, 0.5) is 5.69 Å². The molecule has 75 valence electrons. The van der Waals surface area contributed by atoms with E-state index in [0.29, 0.717) is 0 Å². The zero-order valence-corrected chi connectivity index (χ0v) is 8.39. The second-order valence-corrected chi connectivity index (χ2v) is 3.53. The van der Waals surface area contributed by atoms with Gasteiger partial charge in [-0.25, -0.2) is 0 Å². The molecule has 0 bridgehead atoms. The number of aromatic nitrogens is 1. The van der Waals surface area contributed by atoms with Crippen LogP contribution in [0.5, 0.6) is 0 Å². The fraction of sp³-hybridized carbons (Fsp3) is 0.455. The molecule has 0 aromatic carbocycles. The summed E-state index contributed by atoms with van der Waals surface area (Å²) in [7, 11) is 0. The molecule has 1 fully saturated rings. The molecule has 0 atom stereocenters. The third-order valence-corrected chi connectivity index (χ3v) is 2.72. The Kier molecular flexibility index (Phi) is 2.99.